The summed E-state index contributed by atoms with van der Waals surface area (Å²) < 4.78 is 0. The van der Waals surface area contributed by atoms with Crippen LogP contribution in [0.4, 0.5) is 10.3 Å². The highest BCUT2D eigenvalue weighted by atomic mass is 32.1. The zero-order valence-corrected chi connectivity index (χ0v) is 11.5. The van der Waals surface area contributed by atoms with Gasteiger partial charge in [-0.05, 0) is 26.2 Å². The largest absolute Gasteiger partial charge is 0.375 e. The van der Waals surface area contributed by atoms with E-state index in [0.29, 0.717) is 20.8 Å². The number of aromatic nitrogens is 2. The first-order chi connectivity index (χ1) is 8.63. The number of nitrogens with zero attached hydrogens (tertiary/aromatic N) is 2. The van der Waals surface area contributed by atoms with E-state index in [1.807, 2.05) is 0 Å². The third-order valence-corrected chi connectivity index (χ3v) is 4.89. The number of amides is 1. The van der Waals surface area contributed by atoms with E-state index in [4.69, 9.17) is 5.73 Å². The van der Waals surface area contributed by atoms with Gasteiger partial charge >= 0.3 is 0 Å². The SMILES string of the molecule is Cc1nc(N)sc1C(=O)Nc1nc2c(s1)CCC2. The second-order valence-corrected chi connectivity index (χ2v) is 6.28. The van der Waals surface area contributed by atoms with Crippen LogP contribution in [0, 0.1) is 6.92 Å². The molecule has 0 aliphatic heterocycles. The van der Waals surface area contributed by atoms with Crippen LogP contribution in [0.25, 0.3) is 0 Å². The molecule has 94 valence electrons. The number of nitrogens with one attached hydrogen (secondary N) is 1. The Labute approximate surface area is 112 Å². The number of hydrogen-bond donors (Lipinski definition) is 2. The van der Waals surface area contributed by atoms with Crippen LogP contribution >= 0.6 is 22.7 Å². The van der Waals surface area contributed by atoms with Crippen LogP contribution in [0.15, 0.2) is 0 Å². The highest BCUT2D eigenvalue weighted by molar-refractivity contribution is 7.18. The average Bonchev–Trinajstić information content (AvgIpc) is 2.92. The standard InChI is InChI=1S/C11H12N4OS2/c1-5-8(18-10(12)13-5)9(16)15-11-14-6-3-2-4-7(6)17-11/h2-4H2,1H3,(H2,12,13)(H,14,15,16). The molecule has 1 aliphatic rings. The van der Waals surface area contributed by atoms with Crippen molar-refractivity contribution < 1.29 is 4.79 Å². The molecule has 0 saturated carbocycles. The Balaban J connectivity index is 1.79. The smallest absolute Gasteiger partial charge is 0.269 e. The van der Waals surface area contributed by atoms with Crippen LogP contribution in [0.2, 0.25) is 0 Å². The fourth-order valence-electron chi connectivity index (χ4n) is 2.03. The molecule has 0 bridgehead atoms. The fraction of sp³-hybridized carbons (Fsp3) is 0.364. The zero-order chi connectivity index (χ0) is 12.7. The van der Waals surface area contributed by atoms with E-state index in [2.05, 4.69) is 15.3 Å². The van der Waals surface area contributed by atoms with E-state index in [-0.39, 0.29) is 5.91 Å². The minimum Gasteiger partial charge on any atom is -0.375 e. The van der Waals surface area contributed by atoms with Gasteiger partial charge < -0.3 is 5.73 Å². The van der Waals surface area contributed by atoms with Gasteiger partial charge in [-0.2, -0.15) is 0 Å². The molecule has 7 heteroatoms. The summed E-state index contributed by atoms with van der Waals surface area (Å²) in [5.74, 6) is -0.172. The maximum absolute atomic E-state index is 12.0. The summed E-state index contributed by atoms with van der Waals surface area (Å²) in [4.78, 5) is 22.4. The molecule has 3 N–H and O–H groups in total. The molecule has 0 saturated heterocycles. The van der Waals surface area contributed by atoms with Crippen molar-refractivity contribution in [2.24, 2.45) is 0 Å². The van der Waals surface area contributed by atoms with Gasteiger partial charge in [0.2, 0.25) is 0 Å². The summed E-state index contributed by atoms with van der Waals surface area (Å²) in [6.07, 6.45) is 3.27. The fourth-order valence-corrected chi connectivity index (χ4v) is 3.80. The molecule has 18 heavy (non-hydrogen) atoms. The van der Waals surface area contributed by atoms with Crippen molar-refractivity contribution in [1.29, 1.82) is 0 Å². The maximum Gasteiger partial charge on any atom is 0.269 e. The highest BCUT2D eigenvalue weighted by Crippen LogP contribution is 2.31. The van der Waals surface area contributed by atoms with E-state index in [1.54, 1.807) is 18.3 Å². The Morgan fingerprint density at radius 2 is 2.17 bits per heavy atom. The van der Waals surface area contributed by atoms with E-state index < -0.39 is 0 Å². The number of aryl methyl sites for hydroxylation is 3. The number of rotatable bonds is 2. The number of hydrogen-bond acceptors (Lipinski definition) is 6. The van der Waals surface area contributed by atoms with Crippen molar-refractivity contribution in [3.8, 4) is 0 Å². The van der Waals surface area contributed by atoms with Crippen molar-refractivity contribution in [3.63, 3.8) is 0 Å². The number of nitrogens with two attached hydrogens (primary N) is 1. The Kier molecular flexibility index (Phi) is 2.79. The predicted molar refractivity (Wildman–Crippen MR) is 73.4 cm³/mol. The number of carbonyl (C=O) groups is 1. The highest BCUT2D eigenvalue weighted by Gasteiger charge is 2.20. The van der Waals surface area contributed by atoms with Gasteiger partial charge in [0.05, 0.1) is 11.4 Å². The lowest BCUT2D eigenvalue weighted by Gasteiger charge is -1.99. The van der Waals surface area contributed by atoms with Crippen molar-refractivity contribution in [2.75, 3.05) is 11.1 Å². The Bertz CT molecular complexity index is 595. The van der Waals surface area contributed by atoms with Crippen LogP contribution in [0.5, 0.6) is 0 Å². The monoisotopic (exact) mass is 280 g/mol. The number of thiazole rings is 2. The second kappa shape index (κ2) is 4.33. The number of fused-ring (bicyclic) bond motifs is 1. The normalized spacial score (nSPS) is 13.6. The van der Waals surface area contributed by atoms with Crippen LogP contribution < -0.4 is 11.1 Å². The molecule has 0 aromatic carbocycles. The minimum absolute atomic E-state index is 0.172. The molecule has 0 spiro atoms. The lowest BCUT2D eigenvalue weighted by Crippen LogP contribution is -2.11. The molecular weight excluding hydrogens is 268 g/mol. The van der Waals surface area contributed by atoms with Gasteiger partial charge in [-0.25, -0.2) is 9.97 Å². The van der Waals surface area contributed by atoms with Gasteiger partial charge in [0.1, 0.15) is 4.88 Å². The van der Waals surface area contributed by atoms with Crippen LogP contribution in [0.1, 0.15) is 32.4 Å². The maximum atomic E-state index is 12.0. The third kappa shape index (κ3) is 1.99. The van der Waals surface area contributed by atoms with E-state index >= 15 is 0 Å². The second-order valence-electron chi connectivity index (χ2n) is 4.16. The first-order valence-electron chi connectivity index (χ1n) is 5.66. The molecule has 2 aromatic heterocycles. The summed E-state index contributed by atoms with van der Waals surface area (Å²) in [6.45, 7) is 1.78. The molecule has 2 aromatic rings. The molecule has 0 atom stereocenters. The Morgan fingerprint density at radius 1 is 1.33 bits per heavy atom. The van der Waals surface area contributed by atoms with Gasteiger partial charge in [-0.15, -0.1) is 11.3 Å². The zero-order valence-electron chi connectivity index (χ0n) is 9.82. The summed E-state index contributed by atoms with van der Waals surface area (Å²) in [5.41, 5.74) is 7.38. The lowest BCUT2D eigenvalue weighted by atomic mass is 10.4. The summed E-state index contributed by atoms with van der Waals surface area (Å²) in [5, 5.41) is 3.92. The number of anilines is 2. The van der Waals surface area contributed by atoms with Gasteiger partial charge in [0, 0.05) is 4.88 Å². The van der Waals surface area contributed by atoms with Crippen LogP contribution in [-0.4, -0.2) is 15.9 Å². The molecule has 5 nitrogen and oxygen atoms in total. The minimum atomic E-state index is -0.172. The van der Waals surface area contributed by atoms with Gasteiger partial charge in [0.25, 0.3) is 5.91 Å². The average molecular weight is 280 g/mol. The number of nitrogen functional groups attached to an aromatic ring is 1. The molecular formula is C11H12N4OS2. The van der Waals surface area contributed by atoms with Crippen molar-refractivity contribution in [3.05, 3.63) is 21.1 Å². The molecule has 0 fully saturated rings. The lowest BCUT2D eigenvalue weighted by molar-refractivity contribution is 0.103. The topological polar surface area (TPSA) is 80.9 Å². The molecule has 3 rings (SSSR count). The summed E-state index contributed by atoms with van der Waals surface area (Å²) >= 11 is 2.77. The quantitative estimate of drug-likeness (QED) is 0.884. The van der Waals surface area contributed by atoms with Gasteiger partial charge in [-0.3, -0.25) is 10.1 Å². The Hall–Kier alpha value is -1.47. The molecule has 1 aliphatic carbocycles. The number of carbonyl (C=O) groups excluding carboxylic acids is 1. The predicted octanol–water partition coefficient (Wildman–Crippen LogP) is 2.23. The Morgan fingerprint density at radius 3 is 2.83 bits per heavy atom. The van der Waals surface area contributed by atoms with E-state index in [1.165, 1.54) is 22.6 Å². The molecule has 0 radical (unpaired) electrons. The van der Waals surface area contributed by atoms with Crippen molar-refractivity contribution in [2.45, 2.75) is 26.2 Å². The molecule has 1 amide bonds. The van der Waals surface area contributed by atoms with Crippen LogP contribution in [-0.2, 0) is 12.8 Å². The van der Waals surface area contributed by atoms with E-state index in [0.717, 1.165) is 18.5 Å². The van der Waals surface area contributed by atoms with Crippen molar-refractivity contribution >= 4 is 38.8 Å². The van der Waals surface area contributed by atoms with Gasteiger partial charge in [0.15, 0.2) is 10.3 Å². The van der Waals surface area contributed by atoms with E-state index in [9.17, 15) is 4.79 Å². The van der Waals surface area contributed by atoms with Crippen LogP contribution in [0.3, 0.4) is 0 Å². The summed E-state index contributed by atoms with van der Waals surface area (Å²) in [7, 11) is 0. The first-order valence-corrected chi connectivity index (χ1v) is 7.29. The molecule has 0 unspecified atom stereocenters. The molecule has 2 heterocycles. The van der Waals surface area contributed by atoms with Crippen molar-refractivity contribution in [1.82, 2.24) is 9.97 Å². The summed E-state index contributed by atoms with van der Waals surface area (Å²) in [6, 6.07) is 0. The first kappa shape index (κ1) is 11.6. The third-order valence-electron chi connectivity index (χ3n) is 2.84. The van der Waals surface area contributed by atoms with Gasteiger partial charge in [-0.1, -0.05) is 11.3 Å².